The zero-order chi connectivity index (χ0) is 17.5. The molecule has 0 aromatic carbocycles. The summed E-state index contributed by atoms with van der Waals surface area (Å²) in [4.78, 5) is 23.6. The van der Waals surface area contributed by atoms with E-state index in [1.807, 2.05) is 34.6 Å². The largest absolute Gasteiger partial charge is 0.444 e. The Morgan fingerprint density at radius 3 is 2.22 bits per heavy atom. The normalized spacial score (nSPS) is 23.0. The lowest BCUT2D eigenvalue weighted by atomic mass is 9.91. The molecule has 1 aliphatic carbocycles. The summed E-state index contributed by atoms with van der Waals surface area (Å²) in [5.74, 6) is 0.0563. The van der Waals surface area contributed by atoms with Gasteiger partial charge in [-0.15, -0.1) is 0 Å². The molecule has 6 heteroatoms. The van der Waals surface area contributed by atoms with E-state index in [2.05, 4.69) is 16.0 Å². The van der Waals surface area contributed by atoms with Crippen molar-refractivity contribution in [3.63, 3.8) is 0 Å². The van der Waals surface area contributed by atoms with E-state index in [1.165, 1.54) is 0 Å². The highest BCUT2D eigenvalue weighted by Gasteiger charge is 2.26. The van der Waals surface area contributed by atoms with E-state index in [0.717, 1.165) is 38.6 Å². The fourth-order valence-corrected chi connectivity index (χ4v) is 2.71. The fourth-order valence-electron chi connectivity index (χ4n) is 2.71. The molecular formula is C17H33N3O3. The first-order chi connectivity index (χ1) is 10.7. The summed E-state index contributed by atoms with van der Waals surface area (Å²) < 4.78 is 5.28. The Bertz CT molecular complexity index is 385. The van der Waals surface area contributed by atoms with Crippen molar-refractivity contribution in [2.24, 2.45) is 0 Å². The van der Waals surface area contributed by atoms with Gasteiger partial charge in [-0.05, 0) is 59.8 Å². The Labute approximate surface area is 140 Å². The Kier molecular flexibility index (Phi) is 7.82. The molecule has 1 atom stereocenters. The lowest BCUT2D eigenvalue weighted by Crippen LogP contribution is -2.49. The molecule has 0 saturated heterocycles. The number of carbonyl (C=O) groups is 2. The molecule has 0 bridgehead atoms. The Balaban J connectivity index is 2.27. The minimum atomic E-state index is -0.468. The first kappa shape index (κ1) is 19.7. The van der Waals surface area contributed by atoms with Gasteiger partial charge in [-0.3, -0.25) is 4.79 Å². The van der Waals surface area contributed by atoms with Crippen LogP contribution in [0.25, 0.3) is 0 Å². The summed E-state index contributed by atoms with van der Waals surface area (Å²) in [5, 5.41) is 9.22. The summed E-state index contributed by atoms with van der Waals surface area (Å²) in [7, 11) is 0. The molecule has 2 amide bonds. The van der Waals surface area contributed by atoms with Crippen LogP contribution < -0.4 is 16.0 Å². The van der Waals surface area contributed by atoms with E-state index < -0.39 is 5.60 Å². The maximum absolute atomic E-state index is 11.9. The van der Waals surface area contributed by atoms with Gasteiger partial charge < -0.3 is 20.7 Å². The number of hydrogen-bond donors (Lipinski definition) is 3. The van der Waals surface area contributed by atoms with Gasteiger partial charge in [-0.1, -0.05) is 6.92 Å². The van der Waals surface area contributed by atoms with Crippen molar-refractivity contribution in [2.75, 3.05) is 6.54 Å². The van der Waals surface area contributed by atoms with Gasteiger partial charge in [-0.2, -0.15) is 0 Å². The Hall–Kier alpha value is -1.30. The Morgan fingerprint density at radius 2 is 1.70 bits per heavy atom. The zero-order valence-electron chi connectivity index (χ0n) is 15.2. The lowest BCUT2D eigenvalue weighted by Gasteiger charge is -2.32. The average Bonchev–Trinajstić information content (AvgIpc) is 2.44. The second-order valence-corrected chi connectivity index (χ2v) is 7.37. The highest BCUT2D eigenvalue weighted by atomic mass is 16.6. The molecule has 134 valence electrons. The Morgan fingerprint density at radius 1 is 1.13 bits per heavy atom. The molecule has 0 radical (unpaired) electrons. The van der Waals surface area contributed by atoms with E-state index in [0.29, 0.717) is 6.04 Å². The first-order valence-electron chi connectivity index (χ1n) is 8.74. The van der Waals surface area contributed by atoms with Crippen LogP contribution in [0.3, 0.4) is 0 Å². The molecule has 0 aromatic heterocycles. The van der Waals surface area contributed by atoms with Crippen LogP contribution in [0.5, 0.6) is 0 Å². The minimum absolute atomic E-state index is 0.0563. The molecule has 0 spiro atoms. The lowest BCUT2D eigenvalue weighted by molar-refractivity contribution is -0.123. The molecule has 1 unspecified atom stereocenters. The van der Waals surface area contributed by atoms with Crippen LogP contribution in [0.2, 0.25) is 0 Å². The van der Waals surface area contributed by atoms with Gasteiger partial charge in [0.1, 0.15) is 5.60 Å². The monoisotopic (exact) mass is 327 g/mol. The van der Waals surface area contributed by atoms with Crippen LogP contribution in [0, 0.1) is 0 Å². The summed E-state index contributed by atoms with van der Waals surface area (Å²) in [5.41, 5.74) is -0.468. The van der Waals surface area contributed by atoms with Gasteiger partial charge in [0.05, 0.1) is 6.04 Å². The van der Waals surface area contributed by atoms with Crippen LogP contribution in [-0.2, 0) is 9.53 Å². The van der Waals surface area contributed by atoms with Crippen molar-refractivity contribution in [3.05, 3.63) is 0 Å². The maximum atomic E-state index is 11.9. The first-order valence-corrected chi connectivity index (χ1v) is 8.74. The van der Waals surface area contributed by atoms with Gasteiger partial charge in [0, 0.05) is 18.6 Å². The van der Waals surface area contributed by atoms with Crippen molar-refractivity contribution in [3.8, 4) is 0 Å². The van der Waals surface area contributed by atoms with Crippen molar-refractivity contribution >= 4 is 12.0 Å². The summed E-state index contributed by atoms with van der Waals surface area (Å²) in [6, 6.07) is 0.308. The molecule has 3 N–H and O–H groups in total. The van der Waals surface area contributed by atoms with Gasteiger partial charge in [0.2, 0.25) is 5.91 Å². The van der Waals surface area contributed by atoms with Crippen molar-refractivity contribution in [1.29, 1.82) is 0 Å². The van der Waals surface area contributed by atoms with Crippen LogP contribution in [0.15, 0.2) is 0 Å². The van der Waals surface area contributed by atoms with Gasteiger partial charge in [-0.25, -0.2) is 4.79 Å². The highest BCUT2D eigenvalue weighted by Crippen LogP contribution is 2.19. The maximum Gasteiger partial charge on any atom is 0.407 e. The fraction of sp³-hybridized carbons (Fsp3) is 0.882. The predicted octanol–water partition coefficient (Wildman–Crippen LogP) is 2.33. The third kappa shape index (κ3) is 8.21. The van der Waals surface area contributed by atoms with Crippen molar-refractivity contribution < 1.29 is 14.3 Å². The van der Waals surface area contributed by atoms with E-state index >= 15 is 0 Å². The topological polar surface area (TPSA) is 79.5 Å². The van der Waals surface area contributed by atoms with Crippen LogP contribution in [-0.4, -0.2) is 42.3 Å². The second-order valence-electron chi connectivity index (χ2n) is 7.37. The summed E-state index contributed by atoms with van der Waals surface area (Å²) in [6.07, 6.45) is 4.30. The van der Waals surface area contributed by atoms with Crippen LogP contribution >= 0.6 is 0 Å². The number of amides is 2. The van der Waals surface area contributed by atoms with Gasteiger partial charge in [0.15, 0.2) is 0 Å². The molecule has 1 aliphatic rings. The quantitative estimate of drug-likeness (QED) is 0.699. The molecule has 23 heavy (non-hydrogen) atoms. The van der Waals surface area contributed by atoms with E-state index in [9.17, 15) is 9.59 Å². The number of alkyl carbamates (subject to hydrolysis) is 1. The van der Waals surface area contributed by atoms with Crippen LogP contribution in [0.4, 0.5) is 4.79 Å². The average molecular weight is 327 g/mol. The molecular weight excluding hydrogens is 294 g/mol. The summed E-state index contributed by atoms with van der Waals surface area (Å²) in [6.45, 7) is 10.2. The third-order valence-electron chi connectivity index (χ3n) is 3.88. The summed E-state index contributed by atoms with van der Waals surface area (Å²) >= 11 is 0. The van der Waals surface area contributed by atoms with E-state index in [1.54, 1.807) is 0 Å². The molecule has 6 nitrogen and oxygen atoms in total. The zero-order valence-corrected chi connectivity index (χ0v) is 15.2. The minimum Gasteiger partial charge on any atom is -0.444 e. The van der Waals surface area contributed by atoms with E-state index in [-0.39, 0.29) is 24.1 Å². The number of nitrogens with one attached hydrogen (secondary N) is 3. The number of carbonyl (C=O) groups excluding carboxylic acids is 2. The van der Waals surface area contributed by atoms with Crippen molar-refractivity contribution in [2.45, 2.75) is 90.4 Å². The van der Waals surface area contributed by atoms with Crippen LogP contribution in [0.1, 0.15) is 66.7 Å². The molecule has 0 heterocycles. The molecule has 0 aromatic rings. The second kappa shape index (κ2) is 9.11. The van der Waals surface area contributed by atoms with Crippen molar-refractivity contribution in [1.82, 2.24) is 16.0 Å². The molecule has 1 fully saturated rings. The molecule has 1 saturated carbocycles. The SMILES string of the molecule is CCCNC(=O)C(C)NC1CCC(NC(=O)OC(C)(C)C)CC1. The number of hydrogen-bond acceptors (Lipinski definition) is 4. The highest BCUT2D eigenvalue weighted by molar-refractivity contribution is 5.81. The number of ether oxygens (including phenoxy) is 1. The third-order valence-corrected chi connectivity index (χ3v) is 3.88. The van der Waals surface area contributed by atoms with E-state index in [4.69, 9.17) is 4.74 Å². The molecule has 1 rings (SSSR count). The smallest absolute Gasteiger partial charge is 0.407 e. The predicted molar refractivity (Wildman–Crippen MR) is 91.3 cm³/mol. The standard InChI is InChI=1S/C17H33N3O3/c1-6-11-18-15(21)12(2)19-13-7-9-14(10-8-13)20-16(22)23-17(3,4)5/h12-14,19H,6-11H2,1-5H3,(H,18,21)(H,20,22). The molecule has 0 aliphatic heterocycles. The van der Waals surface area contributed by atoms with Gasteiger partial charge >= 0.3 is 6.09 Å². The number of rotatable bonds is 6. The van der Waals surface area contributed by atoms with Gasteiger partial charge in [0.25, 0.3) is 0 Å².